The Morgan fingerprint density at radius 1 is 1.03 bits per heavy atom. The van der Waals surface area contributed by atoms with Gasteiger partial charge in [0.25, 0.3) is 0 Å². The highest BCUT2D eigenvalue weighted by atomic mass is 35.5. The van der Waals surface area contributed by atoms with Crippen LogP contribution in [0.4, 0.5) is 0 Å². The second-order valence-electron chi connectivity index (χ2n) is 5.98. The number of sulfone groups is 1. The molecule has 2 N–H and O–H groups in total. The zero-order valence-corrected chi connectivity index (χ0v) is 17.4. The fourth-order valence-corrected chi connectivity index (χ4v) is 5.46. The van der Waals surface area contributed by atoms with Gasteiger partial charge in [0, 0.05) is 16.4 Å². The molecular formula is C19H17ClN2O5S2. The molecule has 0 radical (unpaired) electrons. The Kier molecular flexibility index (Phi) is 6.73. The van der Waals surface area contributed by atoms with Crippen LogP contribution in [-0.4, -0.2) is 26.8 Å². The van der Waals surface area contributed by atoms with Crippen molar-refractivity contribution in [3.63, 3.8) is 0 Å². The van der Waals surface area contributed by atoms with E-state index >= 15 is 0 Å². The highest BCUT2D eigenvalue weighted by molar-refractivity contribution is 7.91. The van der Waals surface area contributed by atoms with E-state index < -0.39 is 26.9 Å². The van der Waals surface area contributed by atoms with E-state index in [-0.39, 0.29) is 18.0 Å². The minimum absolute atomic E-state index is 0.0523. The van der Waals surface area contributed by atoms with E-state index in [1.54, 1.807) is 29.6 Å². The molecule has 29 heavy (non-hydrogen) atoms. The van der Waals surface area contributed by atoms with Crippen molar-refractivity contribution in [1.29, 1.82) is 0 Å². The highest BCUT2D eigenvalue weighted by Crippen LogP contribution is 2.31. The summed E-state index contributed by atoms with van der Waals surface area (Å²) in [5.74, 6) is -1.31. The third kappa shape index (κ3) is 5.26. The van der Waals surface area contributed by atoms with Gasteiger partial charge in [-0.2, -0.15) is 0 Å². The number of carbonyl (C=O) groups is 2. The van der Waals surface area contributed by atoms with Crippen molar-refractivity contribution < 1.29 is 22.4 Å². The molecule has 0 bridgehead atoms. The van der Waals surface area contributed by atoms with Crippen LogP contribution in [0.3, 0.4) is 0 Å². The molecule has 1 atom stereocenters. The maximum atomic E-state index is 13.1. The van der Waals surface area contributed by atoms with E-state index in [1.807, 2.05) is 0 Å². The van der Waals surface area contributed by atoms with Crippen LogP contribution in [0, 0.1) is 0 Å². The van der Waals surface area contributed by atoms with Crippen molar-refractivity contribution in [2.75, 3.05) is 6.54 Å². The molecule has 3 aromatic rings. The molecule has 1 aromatic carbocycles. The standard InChI is InChI=1S/C19H17ClN2O5S2/c20-13-5-7-15(8-6-13)29(25,26)17(16-4-2-10-28-16)12-22-19(24)18(23)21-11-14-3-1-9-27-14/h1-10,17H,11-12H2,(H,21,23)(H,22,24)/t17-/m0/s1. The van der Waals surface area contributed by atoms with Crippen molar-refractivity contribution in [1.82, 2.24) is 10.6 Å². The Hall–Kier alpha value is -2.62. The lowest BCUT2D eigenvalue weighted by Crippen LogP contribution is -2.41. The molecule has 2 aromatic heterocycles. The number of halogens is 1. The van der Waals surface area contributed by atoms with Crippen LogP contribution >= 0.6 is 22.9 Å². The third-order valence-corrected chi connectivity index (χ3v) is 7.52. The largest absolute Gasteiger partial charge is 0.467 e. The molecule has 0 aliphatic rings. The summed E-state index contributed by atoms with van der Waals surface area (Å²) in [6.07, 6.45) is 1.45. The summed E-state index contributed by atoms with van der Waals surface area (Å²) in [5.41, 5.74) is 0. The number of benzene rings is 1. The first-order valence-corrected chi connectivity index (χ1v) is 11.3. The molecule has 0 aliphatic carbocycles. The van der Waals surface area contributed by atoms with Crippen molar-refractivity contribution in [2.24, 2.45) is 0 Å². The molecule has 2 amide bonds. The number of furan rings is 1. The molecule has 3 rings (SSSR count). The van der Waals surface area contributed by atoms with E-state index in [2.05, 4.69) is 10.6 Å². The number of rotatable bonds is 7. The van der Waals surface area contributed by atoms with Crippen LogP contribution in [-0.2, 0) is 26.0 Å². The van der Waals surface area contributed by atoms with Gasteiger partial charge in [0.1, 0.15) is 11.0 Å². The smallest absolute Gasteiger partial charge is 0.309 e. The summed E-state index contributed by atoms with van der Waals surface area (Å²) in [4.78, 5) is 24.7. The summed E-state index contributed by atoms with van der Waals surface area (Å²) in [6, 6.07) is 12.5. The molecule has 0 unspecified atom stereocenters. The van der Waals surface area contributed by atoms with Gasteiger partial charge in [-0.3, -0.25) is 9.59 Å². The van der Waals surface area contributed by atoms with E-state index in [1.165, 1.54) is 41.9 Å². The summed E-state index contributed by atoms with van der Waals surface area (Å²) in [7, 11) is -3.82. The molecule has 0 aliphatic heterocycles. The van der Waals surface area contributed by atoms with Crippen LogP contribution in [0.1, 0.15) is 15.9 Å². The Labute approximate surface area is 176 Å². The zero-order chi connectivity index (χ0) is 20.9. The first kappa shape index (κ1) is 21.1. The number of hydrogen-bond acceptors (Lipinski definition) is 6. The van der Waals surface area contributed by atoms with Crippen LogP contribution < -0.4 is 10.6 Å². The molecule has 0 spiro atoms. The van der Waals surface area contributed by atoms with Crippen LogP contribution in [0.5, 0.6) is 0 Å². The maximum Gasteiger partial charge on any atom is 0.309 e. The number of amides is 2. The summed E-state index contributed by atoms with van der Waals surface area (Å²) < 4.78 is 31.3. The average molecular weight is 453 g/mol. The van der Waals surface area contributed by atoms with Gasteiger partial charge in [-0.05, 0) is 47.8 Å². The van der Waals surface area contributed by atoms with Gasteiger partial charge >= 0.3 is 11.8 Å². The number of thiophene rings is 1. The first-order chi connectivity index (χ1) is 13.9. The molecule has 10 heteroatoms. The molecular weight excluding hydrogens is 436 g/mol. The Morgan fingerprint density at radius 3 is 2.38 bits per heavy atom. The summed E-state index contributed by atoms with van der Waals surface area (Å²) in [5, 5.41) is 5.95. The van der Waals surface area contributed by atoms with Gasteiger partial charge in [-0.1, -0.05) is 17.7 Å². The average Bonchev–Trinajstić information content (AvgIpc) is 3.40. The second-order valence-corrected chi connectivity index (χ2v) is 9.52. The van der Waals surface area contributed by atoms with Crippen LogP contribution in [0.15, 0.2) is 69.5 Å². The molecule has 7 nitrogen and oxygen atoms in total. The Bertz CT molecular complexity index is 1060. The van der Waals surface area contributed by atoms with E-state index in [4.69, 9.17) is 16.0 Å². The number of hydrogen-bond donors (Lipinski definition) is 2. The van der Waals surface area contributed by atoms with Crippen molar-refractivity contribution in [3.05, 3.63) is 75.8 Å². The van der Waals surface area contributed by atoms with Gasteiger partial charge in [-0.15, -0.1) is 11.3 Å². The number of nitrogens with one attached hydrogen (secondary N) is 2. The topological polar surface area (TPSA) is 105 Å². The quantitative estimate of drug-likeness (QED) is 0.536. The lowest BCUT2D eigenvalue weighted by atomic mass is 10.3. The highest BCUT2D eigenvalue weighted by Gasteiger charge is 2.31. The first-order valence-electron chi connectivity index (χ1n) is 8.49. The molecule has 0 saturated heterocycles. The molecule has 152 valence electrons. The molecule has 0 fully saturated rings. The van der Waals surface area contributed by atoms with Crippen molar-refractivity contribution in [3.8, 4) is 0 Å². The fourth-order valence-electron chi connectivity index (χ4n) is 2.55. The van der Waals surface area contributed by atoms with Gasteiger partial charge in [-0.25, -0.2) is 8.42 Å². The van der Waals surface area contributed by atoms with Gasteiger partial charge < -0.3 is 15.1 Å². The third-order valence-electron chi connectivity index (χ3n) is 4.03. The van der Waals surface area contributed by atoms with Crippen LogP contribution in [0.2, 0.25) is 5.02 Å². The lowest BCUT2D eigenvalue weighted by molar-refractivity contribution is -0.139. The van der Waals surface area contributed by atoms with Crippen LogP contribution in [0.25, 0.3) is 0 Å². The number of carbonyl (C=O) groups excluding carboxylic acids is 2. The molecule has 2 heterocycles. The van der Waals surface area contributed by atoms with E-state index in [0.29, 0.717) is 15.7 Å². The van der Waals surface area contributed by atoms with Gasteiger partial charge in [0.2, 0.25) is 0 Å². The minimum Gasteiger partial charge on any atom is -0.467 e. The van der Waals surface area contributed by atoms with Crippen molar-refractivity contribution in [2.45, 2.75) is 16.7 Å². The maximum absolute atomic E-state index is 13.1. The fraction of sp³-hybridized carbons (Fsp3) is 0.158. The molecule has 0 saturated carbocycles. The van der Waals surface area contributed by atoms with E-state index in [0.717, 1.165) is 0 Å². The van der Waals surface area contributed by atoms with Gasteiger partial charge in [0.15, 0.2) is 9.84 Å². The second kappa shape index (κ2) is 9.25. The SMILES string of the molecule is O=C(NCc1ccco1)C(=O)NC[C@@H](c1cccs1)S(=O)(=O)c1ccc(Cl)cc1. The Morgan fingerprint density at radius 2 is 1.76 bits per heavy atom. The minimum atomic E-state index is -3.82. The monoisotopic (exact) mass is 452 g/mol. The Balaban J connectivity index is 1.70. The summed E-state index contributed by atoms with van der Waals surface area (Å²) in [6.45, 7) is -0.199. The normalized spacial score (nSPS) is 12.3. The van der Waals surface area contributed by atoms with Gasteiger partial charge in [0.05, 0.1) is 17.7 Å². The predicted octanol–water partition coefficient (Wildman–Crippen LogP) is 2.94. The van der Waals surface area contributed by atoms with Crippen molar-refractivity contribution >= 4 is 44.6 Å². The lowest BCUT2D eigenvalue weighted by Gasteiger charge is -2.17. The predicted molar refractivity (Wildman–Crippen MR) is 109 cm³/mol. The zero-order valence-electron chi connectivity index (χ0n) is 15.0. The summed E-state index contributed by atoms with van der Waals surface area (Å²) >= 11 is 7.10. The van der Waals surface area contributed by atoms with E-state index in [9.17, 15) is 18.0 Å².